The highest BCUT2D eigenvalue weighted by Gasteiger charge is 2.40. The molecule has 1 unspecified atom stereocenters. The van der Waals surface area contributed by atoms with Gasteiger partial charge in [-0.1, -0.05) is 13.8 Å². The minimum absolute atomic E-state index is 0.00567. The maximum absolute atomic E-state index is 12.2. The van der Waals surface area contributed by atoms with Crippen molar-refractivity contribution in [3.63, 3.8) is 0 Å². The van der Waals surface area contributed by atoms with Gasteiger partial charge in [-0.25, -0.2) is 0 Å². The quantitative estimate of drug-likeness (QED) is 0.685. The van der Waals surface area contributed by atoms with Gasteiger partial charge >= 0.3 is 0 Å². The van der Waals surface area contributed by atoms with Crippen LogP contribution in [-0.4, -0.2) is 60.2 Å². The number of carbonyl (C=O) groups is 3. The molecule has 0 bridgehead atoms. The SMILES string of the molecule is CCC(CC)N1C(=O)CC(NCCC(=O)N(C)C)C1=O. The summed E-state index contributed by atoms with van der Waals surface area (Å²) in [7, 11) is 3.39. The first kappa shape index (κ1) is 16.6. The molecule has 0 aromatic carbocycles. The largest absolute Gasteiger partial charge is 0.349 e. The highest BCUT2D eigenvalue weighted by atomic mass is 16.2. The van der Waals surface area contributed by atoms with Crippen LogP contribution in [0.1, 0.15) is 39.5 Å². The van der Waals surface area contributed by atoms with E-state index in [-0.39, 0.29) is 30.2 Å². The van der Waals surface area contributed by atoms with Crippen molar-refractivity contribution in [2.75, 3.05) is 20.6 Å². The van der Waals surface area contributed by atoms with Crippen molar-refractivity contribution in [2.45, 2.75) is 51.6 Å². The summed E-state index contributed by atoms with van der Waals surface area (Å²) in [6, 6.07) is -0.483. The molecule has 0 spiro atoms. The molecule has 1 fully saturated rings. The van der Waals surface area contributed by atoms with E-state index in [1.54, 1.807) is 14.1 Å². The van der Waals surface area contributed by atoms with Crippen LogP contribution in [0, 0.1) is 0 Å². The molecule has 1 atom stereocenters. The van der Waals surface area contributed by atoms with Crippen LogP contribution >= 0.6 is 0 Å². The third kappa shape index (κ3) is 3.79. The summed E-state index contributed by atoms with van der Waals surface area (Å²) in [5.41, 5.74) is 0. The Bertz CT molecular complexity index is 378. The molecular weight excluding hydrogens is 258 g/mol. The molecule has 114 valence electrons. The minimum atomic E-state index is -0.474. The molecule has 6 heteroatoms. The molecule has 1 aliphatic rings. The number of rotatable bonds is 7. The van der Waals surface area contributed by atoms with Crippen molar-refractivity contribution in [2.24, 2.45) is 0 Å². The maximum atomic E-state index is 12.2. The van der Waals surface area contributed by atoms with Crippen LogP contribution in [0.25, 0.3) is 0 Å². The average molecular weight is 283 g/mol. The lowest BCUT2D eigenvalue weighted by Crippen LogP contribution is -2.44. The van der Waals surface area contributed by atoms with E-state index in [1.165, 1.54) is 9.80 Å². The summed E-state index contributed by atoms with van der Waals surface area (Å²) < 4.78 is 0. The van der Waals surface area contributed by atoms with Crippen molar-refractivity contribution >= 4 is 17.7 Å². The van der Waals surface area contributed by atoms with Crippen molar-refractivity contribution < 1.29 is 14.4 Å². The predicted octanol–water partition coefficient (Wildman–Crippen LogP) is 0.370. The Labute approximate surface area is 120 Å². The number of amides is 3. The number of likely N-dealkylation sites (tertiary alicyclic amines) is 1. The fourth-order valence-electron chi connectivity index (χ4n) is 2.42. The van der Waals surface area contributed by atoms with Crippen molar-refractivity contribution in [1.82, 2.24) is 15.1 Å². The Morgan fingerprint density at radius 1 is 1.35 bits per heavy atom. The summed E-state index contributed by atoms with van der Waals surface area (Å²) in [6.07, 6.45) is 2.08. The molecule has 0 saturated carbocycles. The molecule has 1 saturated heterocycles. The minimum Gasteiger partial charge on any atom is -0.349 e. The molecule has 0 aromatic heterocycles. The number of hydrogen-bond acceptors (Lipinski definition) is 4. The van der Waals surface area contributed by atoms with Crippen LogP contribution in [-0.2, 0) is 14.4 Å². The Morgan fingerprint density at radius 3 is 2.45 bits per heavy atom. The van der Waals surface area contributed by atoms with Crippen molar-refractivity contribution in [3.8, 4) is 0 Å². The summed E-state index contributed by atoms with van der Waals surface area (Å²) in [4.78, 5) is 38.5. The lowest BCUT2D eigenvalue weighted by Gasteiger charge is -2.24. The second-order valence-corrected chi connectivity index (χ2v) is 5.32. The molecule has 1 N–H and O–H groups in total. The third-order valence-electron chi connectivity index (χ3n) is 3.72. The average Bonchev–Trinajstić information content (AvgIpc) is 2.68. The van der Waals surface area contributed by atoms with E-state index >= 15 is 0 Å². The van der Waals surface area contributed by atoms with E-state index in [9.17, 15) is 14.4 Å². The molecule has 0 aromatic rings. The first-order chi connectivity index (χ1) is 9.42. The van der Waals surface area contributed by atoms with Gasteiger partial charge in [0, 0.05) is 33.1 Å². The van der Waals surface area contributed by atoms with Gasteiger partial charge in [-0.2, -0.15) is 0 Å². The zero-order chi connectivity index (χ0) is 15.3. The van der Waals surface area contributed by atoms with Gasteiger partial charge in [0.05, 0.1) is 12.5 Å². The van der Waals surface area contributed by atoms with Gasteiger partial charge in [0.25, 0.3) is 0 Å². The van der Waals surface area contributed by atoms with E-state index in [0.717, 1.165) is 12.8 Å². The smallest absolute Gasteiger partial charge is 0.247 e. The second kappa shape index (κ2) is 7.38. The predicted molar refractivity (Wildman–Crippen MR) is 75.9 cm³/mol. The van der Waals surface area contributed by atoms with E-state index in [1.807, 2.05) is 13.8 Å². The number of carbonyl (C=O) groups excluding carboxylic acids is 3. The molecule has 0 aliphatic carbocycles. The number of hydrogen-bond donors (Lipinski definition) is 1. The molecule has 1 aliphatic heterocycles. The lowest BCUT2D eigenvalue weighted by molar-refractivity contribution is -0.142. The van der Waals surface area contributed by atoms with Gasteiger partial charge in [0.15, 0.2) is 0 Å². The first-order valence-electron chi connectivity index (χ1n) is 7.21. The van der Waals surface area contributed by atoms with Gasteiger partial charge in [-0.3, -0.25) is 19.3 Å². The molecule has 1 rings (SSSR count). The Balaban J connectivity index is 2.52. The van der Waals surface area contributed by atoms with Crippen LogP contribution in [0.3, 0.4) is 0 Å². The van der Waals surface area contributed by atoms with Crippen molar-refractivity contribution in [3.05, 3.63) is 0 Å². The van der Waals surface area contributed by atoms with Crippen LogP contribution in [0.5, 0.6) is 0 Å². The third-order valence-corrected chi connectivity index (χ3v) is 3.72. The van der Waals surface area contributed by atoms with E-state index in [2.05, 4.69) is 5.32 Å². The molecule has 3 amide bonds. The summed E-state index contributed by atoms with van der Waals surface area (Å²) in [5, 5.41) is 3.02. The fourth-order valence-corrected chi connectivity index (χ4v) is 2.42. The van der Waals surface area contributed by atoms with Gasteiger partial charge in [-0.15, -0.1) is 0 Å². The normalized spacial score (nSPS) is 19.1. The van der Waals surface area contributed by atoms with Crippen LogP contribution < -0.4 is 5.32 Å². The highest BCUT2D eigenvalue weighted by molar-refractivity contribution is 6.05. The number of nitrogens with zero attached hydrogens (tertiary/aromatic N) is 2. The fraction of sp³-hybridized carbons (Fsp3) is 0.786. The Hall–Kier alpha value is -1.43. The van der Waals surface area contributed by atoms with Gasteiger partial charge in [0.1, 0.15) is 0 Å². The highest BCUT2D eigenvalue weighted by Crippen LogP contribution is 2.20. The zero-order valence-corrected chi connectivity index (χ0v) is 12.8. The number of imide groups is 1. The van der Waals surface area contributed by atoms with E-state index in [0.29, 0.717) is 13.0 Å². The molecule has 6 nitrogen and oxygen atoms in total. The van der Waals surface area contributed by atoms with Crippen LogP contribution in [0.15, 0.2) is 0 Å². The molecule has 0 radical (unpaired) electrons. The van der Waals surface area contributed by atoms with Crippen LogP contribution in [0.4, 0.5) is 0 Å². The maximum Gasteiger partial charge on any atom is 0.247 e. The summed E-state index contributed by atoms with van der Waals surface area (Å²) >= 11 is 0. The van der Waals surface area contributed by atoms with E-state index in [4.69, 9.17) is 0 Å². The monoisotopic (exact) mass is 283 g/mol. The molecular formula is C14H25N3O3. The van der Waals surface area contributed by atoms with Crippen molar-refractivity contribution in [1.29, 1.82) is 0 Å². The second-order valence-electron chi connectivity index (χ2n) is 5.32. The van der Waals surface area contributed by atoms with Gasteiger partial charge in [-0.05, 0) is 12.8 Å². The molecule has 20 heavy (non-hydrogen) atoms. The van der Waals surface area contributed by atoms with Crippen LogP contribution in [0.2, 0.25) is 0 Å². The lowest BCUT2D eigenvalue weighted by atomic mass is 10.1. The first-order valence-corrected chi connectivity index (χ1v) is 7.21. The Morgan fingerprint density at radius 2 is 1.95 bits per heavy atom. The summed E-state index contributed by atoms with van der Waals surface area (Å²) in [5.74, 6) is -0.257. The Kier molecular flexibility index (Phi) is 6.13. The molecule has 1 heterocycles. The van der Waals surface area contributed by atoms with Gasteiger partial charge < -0.3 is 10.2 Å². The summed E-state index contributed by atoms with van der Waals surface area (Å²) in [6.45, 7) is 4.37. The zero-order valence-electron chi connectivity index (χ0n) is 12.8. The topological polar surface area (TPSA) is 69.7 Å². The number of nitrogens with one attached hydrogen (secondary N) is 1. The standard InChI is InChI=1S/C14H25N3O3/c1-5-10(6-2)17-13(19)9-11(14(17)20)15-8-7-12(18)16(3)4/h10-11,15H,5-9H2,1-4H3. The van der Waals surface area contributed by atoms with E-state index < -0.39 is 6.04 Å². The van der Waals surface area contributed by atoms with Gasteiger partial charge in [0.2, 0.25) is 17.7 Å².